The summed E-state index contributed by atoms with van der Waals surface area (Å²) in [6, 6.07) is 9.49. The van der Waals surface area contributed by atoms with E-state index in [4.69, 9.17) is 0 Å². The number of rotatable bonds is 6. The normalized spacial score (nSPS) is 15.3. The second kappa shape index (κ2) is 7.09. The summed E-state index contributed by atoms with van der Waals surface area (Å²) in [5, 5.41) is 3.49. The van der Waals surface area contributed by atoms with Gasteiger partial charge in [-0.1, -0.05) is 58.9 Å². The third-order valence-electron chi connectivity index (χ3n) is 3.71. The molecule has 0 spiro atoms. The van der Waals surface area contributed by atoms with Crippen molar-refractivity contribution in [3.63, 3.8) is 0 Å². The predicted octanol–water partition coefficient (Wildman–Crippen LogP) is 4.97. The molecule has 1 rings (SSSR count). The minimum Gasteiger partial charge on any atom is -0.313 e. The molecule has 0 aliphatic heterocycles. The van der Waals surface area contributed by atoms with E-state index in [1.54, 1.807) is 0 Å². The number of hydrogen-bond acceptors (Lipinski definition) is 1. The van der Waals surface area contributed by atoms with Crippen LogP contribution in [0.1, 0.15) is 64.6 Å². The molecule has 0 aliphatic rings. The minimum absolute atomic E-state index is 0.420. The van der Waals surface area contributed by atoms with Gasteiger partial charge in [0.05, 0.1) is 0 Å². The fourth-order valence-electron chi connectivity index (χ4n) is 2.98. The molecule has 1 aromatic rings. The molecule has 1 heteroatoms. The maximum absolute atomic E-state index is 3.49. The molecule has 1 aromatic carbocycles. The second-order valence-electron chi connectivity index (χ2n) is 7.05. The highest BCUT2D eigenvalue weighted by atomic mass is 14.9. The molecule has 1 N–H and O–H groups in total. The van der Waals surface area contributed by atoms with Gasteiger partial charge in [-0.15, -0.1) is 0 Å². The summed E-state index contributed by atoms with van der Waals surface area (Å²) in [6.45, 7) is 11.6. The zero-order chi connectivity index (χ0) is 14.5. The molecule has 0 amide bonds. The Kier molecular flexibility index (Phi) is 6.06. The Labute approximate surface area is 119 Å². The van der Waals surface area contributed by atoms with E-state index in [0.29, 0.717) is 11.5 Å². The molecule has 0 bridgehead atoms. The predicted molar refractivity (Wildman–Crippen MR) is 85.5 cm³/mol. The van der Waals surface area contributed by atoms with Crippen molar-refractivity contribution in [3.05, 3.63) is 35.4 Å². The van der Waals surface area contributed by atoms with E-state index in [1.165, 1.54) is 24.0 Å². The fourth-order valence-corrected chi connectivity index (χ4v) is 2.98. The maximum Gasteiger partial charge on any atom is 0.0320 e. The quantitative estimate of drug-likeness (QED) is 0.762. The van der Waals surface area contributed by atoms with Crippen LogP contribution in [0.25, 0.3) is 0 Å². The molecular weight excluding hydrogens is 230 g/mol. The Morgan fingerprint density at radius 1 is 1.21 bits per heavy atom. The van der Waals surface area contributed by atoms with Gasteiger partial charge in [-0.25, -0.2) is 0 Å². The summed E-state index contributed by atoms with van der Waals surface area (Å²) in [7, 11) is 2.08. The Morgan fingerprint density at radius 3 is 2.42 bits per heavy atom. The number of hydrogen-bond donors (Lipinski definition) is 1. The lowest BCUT2D eigenvalue weighted by Gasteiger charge is -2.27. The van der Waals surface area contributed by atoms with Crippen LogP contribution in [0, 0.1) is 11.3 Å². The van der Waals surface area contributed by atoms with Crippen LogP contribution in [0.15, 0.2) is 24.3 Å². The van der Waals surface area contributed by atoms with Crippen molar-refractivity contribution in [3.8, 4) is 0 Å². The highest BCUT2D eigenvalue weighted by Gasteiger charge is 2.19. The van der Waals surface area contributed by atoms with Crippen molar-refractivity contribution in [2.45, 2.75) is 59.9 Å². The summed E-state index contributed by atoms with van der Waals surface area (Å²) in [5.41, 5.74) is 3.28. The average Bonchev–Trinajstić information content (AvgIpc) is 2.34. The number of benzene rings is 1. The van der Waals surface area contributed by atoms with E-state index in [0.717, 1.165) is 12.3 Å². The van der Waals surface area contributed by atoms with E-state index in [1.807, 2.05) is 0 Å². The van der Waals surface area contributed by atoms with Crippen LogP contribution in [0.3, 0.4) is 0 Å². The van der Waals surface area contributed by atoms with Crippen molar-refractivity contribution in [1.82, 2.24) is 5.32 Å². The van der Waals surface area contributed by atoms with E-state index in [-0.39, 0.29) is 0 Å². The molecule has 2 unspecified atom stereocenters. The molecule has 0 aliphatic carbocycles. The van der Waals surface area contributed by atoms with Gasteiger partial charge in [-0.05, 0) is 48.8 Å². The van der Waals surface area contributed by atoms with Gasteiger partial charge in [-0.2, -0.15) is 0 Å². The van der Waals surface area contributed by atoms with Gasteiger partial charge >= 0.3 is 0 Å². The molecule has 1 nitrogen and oxygen atoms in total. The van der Waals surface area contributed by atoms with Crippen LogP contribution >= 0.6 is 0 Å². The van der Waals surface area contributed by atoms with Gasteiger partial charge in [0.15, 0.2) is 0 Å². The van der Waals surface area contributed by atoms with Gasteiger partial charge in [-0.3, -0.25) is 0 Å². The lowest BCUT2D eigenvalue weighted by atomic mass is 9.82. The highest BCUT2D eigenvalue weighted by Crippen LogP contribution is 2.30. The smallest absolute Gasteiger partial charge is 0.0320 e. The molecular formula is C18H31N. The lowest BCUT2D eigenvalue weighted by Crippen LogP contribution is -2.21. The van der Waals surface area contributed by atoms with Crippen LogP contribution < -0.4 is 5.32 Å². The van der Waals surface area contributed by atoms with E-state index in [2.05, 4.69) is 71.2 Å². The molecule has 0 aromatic heterocycles. The lowest BCUT2D eigenvalue weighted by molar-refractivity contribution is 0.279. The van der Waals surface area contributed by atoms with Gasteiger partial charge < -0.3 is 5.32 Å². The van der Waals surface area contributed by atoms with Gasteiger partial charge in [0.1, 0.15) is 0 Å². The largest absolute Gasteiger partial charge is 0.313 e. The first kappa shape index (κ1) is 16.2. The van der Waals surface area contributed by atoms with E-state index >= 15 is 0 Å². The van der Waals surface area contributed by atoms with Crippen molar-refractivity contribution in [2.24, 2.45) is 11.3 Å². The third kappa shape index (κ3) is 5.78. The summed E-state index contributed by atoms with van der Waals surface area (Å²) in [6.07, 6.45) is 3.60. The van der Waals surface area contributed by atoms with Gasteiger partial charge in [0, 0.05) is 6.04 Å². The molecule has 0 saturated heterocycles. The number of nitrogens with one attached hydrogen (secondary N) is 1. The molecule has 0 radical (unpaired) electrons. The molecule has 0 saturated carbocycles. The van der Waals surface area contributed by atoms with Crippen LogP contribution in [-0.4, -0.2) is 7.05 Å². The van der Waals surface area contributed by atoms with E-state index < -0.39 is 0 Å². The Balaban J connectivity index is 2.72. The van der Waals surface area contributed by atoms with Crippen molar-refractivity contribution in [2.75, 3.05) is 7.05 Å². The average molecular weight is 261 g/mol. The van der Waals surface area contributed by atoms with Crippen LogP contribution in [0.4, 0.5) is 0 Å². The summed E-state index contributed by atoms with van der Waals surface area (Å²) < 4.78 is 0. The molecule has 0 fully saturated rings. The molecule has 19 heavy (non-hydrogen) atoms. The Bertz CT molecular complexity index is 376. The zero-order valence-corrected chi connectivity index (χ0v) is 13.6. The zero-order valence-electron chi connectivity index (χ0n) is 13.6. The first-order chi connectivity index (χ1) is 8.85. The standard InChI is InChI=1S/C18H31N/c1-7-15-9-8-10-16(12-15)17(19-6)11-14(2)13-18(3,4)5/h8-10,12,14,17,19H,7,11,13H2,1-6H3. The maximum atomic E-state index is 3.49. The van der Waals surface area contributed by atoms with Crippen molar-refractivity contribution in [1.29, 1.82) is 0 Å². The summed E-state index contributed by atoms with van der Waals surface area (Å²) in [5.74, 6) is 0.739. The summed E-state index contributed by atoms with van der Waals surface area (Å²) >= 11 is 0. The Hall–Kier alpha value is -0.820. The highest BCUT2D eigenvalue weighted by molar-refractivity contribution is 5.26. The first-order valence-corrected chi connectivity index (χ1v) is 7.62. The molecule has 108 valence electrons. The monoisotopic (exact) mass is 261 g/mol. The summed E-state index contributed by atoms with van der Waals surface area (Å²) in [4.78, 5) is 0. The number of aryl methyl sites for hydroxylation is 1. The van der Waals surface area contributed by atoms with Gasteiger partial charge in [0.2, 0.25) is 0 Å². The SMILES string of the molecule is CCc1cccc(C(CC(C)CC(C)(C)C)NC)c1. The topological polar surface area (TPSA) is 12.0 Å². The Morgan fingerprint density at radius 2 is 1.89 bits per heavy atom. The minimum atomic E-state index is 0.420. The molecule has 2 atom stereocenters. The first-order valence-electron chi connectivity index (χ1n) is 7.62. The van der Waals surface area contributed by atoms with Crippen LogP contribution in [0.2, 0.25) is 0 Å². The van der Waals surface area contributed by atoms with Crippen molar-refractivity contribution >= 4 is 0 Å². The van der Waals surface area contributed by atoms with E-state index in [9.17, 15) is 0 Å². The van der Waals surface area contributed by atoms with Crippen molar-refractivity contribution < 1.29 is 0 Å². The third-order valence-corrected chi connectivity index (χ3v) is 3.71. The van der Waals surface area contributed by atoms with Crippen LogP contribution in [0.5, 0.6) is 0 Å². The van der Waals surface area contributed by atoms with Crippen LogP contribution in [-0.2, 0) is 6.42 Å². The fraction of sp³-hybridized carbons (Fsp3) is 0.667. The van der Waals surface area contributed by atoms with Gasteiger partial charge in [0.25, 0.3) is 0 Å². The molecule has 0 heterocycles. The second-order valence-corrected chi connectivity index (χ2v) is 7.05.